The van der Waals surface area contributed by atoms with Crippen molar-refractivity contribution >= 4 is 28.3 Å². The second kappa shape index (κ2) is 6.53. The van der Waals surface area contributed by atoms with Crippen LogP contribution in [0, 0.1) is 0 Å². The molecule has 1 aromatic carbocycles. The quantitative estimate of drug-likeness (QED) is 0.832. The highest BCUT2D eigenvalue weighted by Crippen LogP contribution is 2.17. The molecule has 1 aliphatic rings. The average molecular weight is 320 g/mol. The fraction of sp³-hybridized carbons (Fsp3) is 0.417. The normalized spacial score (nSPS) is 20.1. The molecule has 20 heavy (non-hydrogen) atoms. The molecule has 0 spiro atoms. The van der Waals surface area contributed by atoms with Crippen LogP contribution in [-0.2, 0) is 10.0 Å². The van der Waals surface area contributed by atoms with Crippen molar-refractivity contribution in [2.75, 3.05) is 19.6 Å². The highest BCUT2D eigenvalue weighted by Gasteiger charge is 2.28. The lowest BCUT2D eigenvalue weighted by Gasteiger charge is -2.31. The molecule has 2 rings (SSSR count). The Kier molecular flexibility index (Phi) is 5.52. The number of halogens is 1. The first kappa shape index (κ1) is 16.9. The molecular weight excluding hydrogens is 302 g/mol. The Bertz CT molecular complexity index is 574. The summed E-state index contributed by atoms with van der Waals surface area (Å²) >= 11 is 0. The molecule has 1 aromatic rings. The molecular formula is C12H18ClN3O3S. The fourth-order valence-electron chi connectivity index (χ4n) is 2.06. The van der Waals surface area contributed by atoms with E-state index >= 15 is 0 Å². The first-order valence-electron chi connectivity index (χ1n) is 6.04. The molecule has 0 bridgehead atoms. The highest BCUT2D eigenvalue weighted by molar-refractivity contribution is 7.89. The summed E-state index contributed by atoms with van der Waals surface area (Å²) in [5.41, 5.74) is 5.43. The summed E-state index contributed by atoms with van der Waals surface area (Å²) in [7, 11) is -3.50. The standard InChI is InChI=1S/C12H17N3O3S.ClH/c1-9-8-15(7-6-14-9)19(17,18)11-4-2-10(3-5-11)12(13)16;/h2-5,9,14H,6-8H2,1H3,(H2,13,16);1H/t9-;/m1./s1. The van der Waals surface area contributed by atoms with Crippen molar-refractivity contribution in [3.63, 3.8) is 0 Å². The zero-order valence-electron chi connectivity index (χ0n) is 11.1. The first-order valence-corrected chi connectivity index (χ1v) is 7.48. The molecule has 1 amide bonds. The zero-order valence-corrected chi connectivity index (χ0v) is 12.7. The first-order chi connectivity index (χ1) is 8.91. The van der Waals surface area contributed by atoms with Crippen LogP contribution < -0.4 is 11.1 Å². The van der Waals surface area contributed by atoms with Crippen LogP contribution >= 0.6 is 12.4 Å². The van der Waals surface area contributed by atoms with Gasteiger partial charge in [0.05, 0.1) is 4.90 Å². The third-order valence-corrected chi connectivity index (χ3v) is 4.99. The van der Waals surface area contributed by atoms with Gasteiger partial charge < -0.3 is 11.1 Å². The number of carbonyl (C=O) groups is 1. The van der Waals surface area contributed by atoms with E-state index in [-0.39, 0.29) is 23.3 Å². The van der Waals surface area contributed by atoms with Gasteiger partial charge >= 0.3 is 0 Å². The molecule has 1 heterocycles. The number of rotatable bonds is 3. The average Bonchev–Trinajstić information content (AvgIpc) is 2.39. The SMILES string of the molecule is C[C@@H]1CN(S(=O)(=O)c2ccc(C(N)=O)cc2)CCN1.Cl. The minimum atomic E-state index is -3.50. The summed E-state index contributed by atoms with van der Waals surface area (Å²) in [6, 6.07) is 5.83. The Labute approximate surface area is 124 Å². The van der Waals surface area contributed by atoms with E-state index in [1.165, 1.54) is 28.6 Å². The molecule has 112 valence electrons. The molecule has 1 fully saturated rings. The van der Waals surface area contributed by atoms with E-state index in [0.29, 0.717) is 25.2 Å². The number of nitrogens with two attached hydrogens (primary N) is 1. The fourth-order valence-corrected chi connectivity index (χ4v) is 3.59. The monoisotopic (exact) mass is 319 g/mol. The van der Waals surface area contributed by atoms with Gasteiger partial charge in [-0.1, -0.05) is 0 Å². The van der Waals surface area contributed by atoms with E-state index in [1.807, 2.05) is 6.92 Å². The smallest absolute Gasteiger partial charge is 0.248 e. The number of piperazine rings is 1. The minimum Gasteiger partial charge on any atom is -0.366 e. The molecule has 1 atom stereocenters. The maximum atomic E-state index is 12.4. The number of benzene rings is 1. The lowest BCUT2D eigenvalue weighted by atomic mass is 10.2. The van der Waals surface area contributed by atoms with Crippen molar-refractivity contribution in [2.45, 2.75) is 17.9 Å². The van der Waals surface area contributed by atoms with Crippen molar-refractivity contribution in [1.29, 1.82) is 0 Å². The van der Waals surface area contributed by atoms with Gasteiger partial charge in [0.25, 0.3) is 0 Å². The molecule has 0 unspecified atom stereocenters. The highest BCUT2D eigenvalue weighted by atomic mass is 35.5. The van der Waals surface area contributed by atoms with E-state index in [9.17, 15) is 13.2 Å². The Morgan fingerprint density at radius 2 is 1.95 bits per heavy atom. The van der Waals surface area contributed by atoms with Gasteiger partial charge in [0, 0.05) is 31.2 Å². The van der Waals surface area contributed by atoms with Gasteiger partial charge in [0.2, 0.25) is 15.9 Å². The minimum absolute atomic E-state index is 0. The number of sulfonamides is 1. The van der Waals surface area contributed by atoms with Crippen LogP contribution in [0.4, 0.5) is 0 Å². The number of primary amides is 1. The maximum absolute atomic E-state index is 12.4. The van der Waals surface area contributed by atoms with Gasteiger partial charge in [0.1, 0.15) is 0 Å². The van der Waals surface area contributed by atoms with Gasteiger partial charge in [-0.2, -0.15) is 4.31 Å². The topological polar surface area (TPSA) is 92.5 Å². The van der Waals surface area contributed by atoms with Crippen LogP contribution in [0.5, 0.6) is 0 Å². The largest absolute Gasteiger partial charge is 0.366 e. The lowest BCUT2D eigenvalue weighted by molar-refractivity contribution is 0.1000. The van der Waals surface area contributed by atoms with E-state index in [0.717, 1.165) is 0 Å². The Hall–Kier alpha value is -1.15. The lowest BCUT2D eigenvalue weighted by Crippen LogP contribution is -2.51. The summed E-state index contributed by atoms with van der Waals surface area (Å²) < 4.78 is 26.2. The number of hydrogen-bond donors (Lipinski definition) is 2. The van der Waals surface area contributed by atoms with Gasteiger partial charge in [-0.3, -0.25) is 4.79 Å². The number of nitrogens with one attached hydrogen (secondary N) is 1. The number of nitrogens with zero attached hydrogens (tertiary/aromatic N) is 1. The van der Waals surface area contributed by atoms with Crippen LogP contribution in [0.15, 0.2) is 29.2 Å². The third-order valence-electron chi connectivity index (χ3n) is 3.11. The Balaban J connectivity index is 0.00000200. The van der Waals surface area contributed by atoms with Crippen molar-refractivity contribution in [1.82, 2.24) is 9.62 Å². The Morgan fingerprint density at radius 1 is 1.35 bits per heavy atom. The predicted molar refractivity (Wildman–Crippen MR) is 78.4 cm³/mol. The molecule has 1 saturated heterocycles. The van der Waals surface area contributed by atoms with Gasteiger partial charge in [-0.05, 0) is 31.2 Å². The van der Waals surface area contributed by atoms with Gasteiger partial charge in [0.15, 0.2) is 0 Å². The van der Waals surface area contributed by atoms with Crippen molar-refractivity contribution < 1.29 is 13.2 Å². The molecule has 3 N–H and O–H groups in total. The molecule has 6 nitrogen and oxygen atoms in total. The van der Waals surface area contributed by atoms with E-state index in [4.69, 9.17) is 5.73 Å². The van der Waals surface area contributed by atoms with E-state index in [2.05, 4.69) is 5.32 Å². The summed E-state index contributed by atoms with van der Waals surface area (Å²) in [5, 5.41) is 3.19. The number of carbonyl (C=O) groups excluding carboxylic acids is 1. The number of hydrogen-bond acceptors (Lipinski definition) is 4. The van der Waals surface area contributed by atoms with E-state index < -0.39 is 15.9 Å². The zero-order chi connectivity index (χ0) is 14.0. The van der Waals surface area contributed by atoms with Crippen LogP contribution in [0.1, 0.15) is 17.3 Å². The molecule has 8 heteroatoms. The third kappa shape index (κ3) is 3.49. The summed E-state index contributed by atoms with van der Waals surface area (Å²) in [5.74, 6) is -0.570. The Morgan fingerprint density at radius 3 is 2.45 bits per heavy atom. The molecule has 0 aromatic heterocycles. The second-order valence-electron chi connectivity index (χ2n) is 4.61. The molecule has 0 aliphatic carbocycles. The van der Waals surface area contributed by atoms with Crippen molar-refractivity contribution in [3.8, 4) is 0 Å². The molecule has 0 saturated carbocycles. The van der Waals surface area contributed by atoms with Crippen LogP contribution in [0.25, 0.3) is 0 Å². The number of amides is 1. The van der Waals surface area contributed by atoms with Crippen LogP contribution in [0.2, 0.25) is 0 Å². The van der Waals surface area contributed by atoms with Crippen LogP contribution in [-0.4, -0.2) is 44.3 Å². The van der Waals surface area contributed by atoms with Gasteiger partial charge in [-0.15, -0.1) is 12.4 Å². The summed E-state index contributed by atoms with van der Waals surface area (Å²) in [6.07, 6.45) is 0. The maximum Gasteiger partial charge on any atom is 0.248 e. The second-order valence-corrected chi connectivity index (χ2v) is 6.54. The van der Waals surface area contributed by atoms with Crippen molar-refractivity contribution in [3.05, 3.63) is 29.8 Å². The van der Waals surface area contributed by atoms with E-state index in [1.54, 1.807) is 0 Å². The van der Waals surface area contributed by atoms with Gasteiger partial charge in [-0.25, -0.2) is 8.42 Å². The van der Waals surface area contributed by atoms with Crippen LogP contribution in [0.3, 0.4) is 0 Å². The van der Waals surface area contributed by atoms with Crippen molar-refractivity contribution in [2.24, 2.45) is 5.73 Å². The predicted octanol–water partition coefficient (Wildman–Crippen LogP) is 0.190. The summed E-state index contributed by atoms with van der Waals surface area (Å²) in [4.78, 5) is 11.1. The summed E-state index contributed by atoms with van der Waals surface area (Å²) in [6.45, 7) is 3.47. The molecule has 0 radical (unpaired) electrons. The molecule has 1 aliphatic heterocycles.